The van der Waals surface area contributed by atoms with Gasteiger partial charge in [-0.3, -0.25) is 9.97 Å². The van der Waals surface area contributed by atoms with Crippen LogP contribution in [-0.2, 0) is 11.2 Å². The van der Waals surface area contributed by atoms with Crippen molar-refractivity contribution in [3.8, 4) is 0 Å². The Hall–Kier alpha value is -1.65. The summed E-state index contributed by atoms with van der Waals surface area (Å²) in [6.45, 7) is 1.44. The van der Waals surface area contributed by atoms with Gasteiger partial charge in [0.15, 0.2) is 0 Å². The van der Waals surface area contributed by atoms with Crippen LogP contribution in [0.5, 0.6) is 0 Å². The molecular formula is C11H14N4O. The van der Waals surface area contributed by atoms with Crippen molar-refractivity contribution in [3.05, 3.63) is 23.8 Å². The Kier molecular flexibility index (Phi) is 2.44. The second-order valence-corrected chi connectivity index (χ2v) is 4.01. The van der Waals surface area contributed by atoms with Gasteiger partial charge in [0.2, 0.25) is 0 Å². The minimum Gasteiger partial charge on any atom is -0.463 e. The van der Waals surface area contributed by atoms with E-state index in [4.69, 9.17) is 4.74 Å². The number of ether oxygens (including phenoxy) is 1. The molecule has 0 saturated heterocycles. The highest BCUT2D eigenvalue weighted by Gasteiger charge is 2.24. The number of amidine groups is 1. The second-order valence-electron chi connectivity index (χ2n) is 4.01. The summed E-state index contributed by atoms with van der Waals surface area (Å²) >= 11 is 0. The van der Waals surface area contributed by atoms with Crippen LogP contribution < -0.4 is 5.32 Å². The first-order valence-corrected chi connectivity index (χ1v) is 5.67. The van der Waals surface area contributed by atoms with Crippen molar-refractivity contribution in [1.82, 2.24) is 15.3 Å². The number of rotatable bonds is 1. The average Bonchev–Trinajstić information content (AvgIpc) is 2.82. The van der Waals surface area contributed by atoms with Gasteiger partial charge in [0, 0.05) is 12.4 Å². The maximum absolute atomic E-state index is 5.36. The molecule has 1 aromatic rings. The molecule has 0 fully saturated rings. The first-order valence-electron chi connectivity index (χ1n) is 5.67. The largest absolute Gasteiger partial charge is 0.463 e. The summed E-state index contributed by atoms with van der Waals surface area (Å²) in [7, 11) is 0. The lowest BCUT2D eigenvalue weighted by atomic mass is 9.95. The van der Waals surface area contributed by atoms with Gasteiger partial charge < -0.3 is 10.1 Å². The molecule has 2 aliphatic rings. The van der Waals surface area contributed by atoms with Crippen molar-refractivity contribution >= 4 is 6.02 Å². The van der Waals surface area contributed by atoms with Crippen molar-refractivity contribution < 1.29 is 4.74 Å². The van der Waals surface area contributed by atoms with E-state index in [1.807, 2.05) is 0 Å². The number of aryl methyl sites for hydroxylation is 1. The van der Waals surface area contributed by atoms with Gasteiger partial charge in [0.1, 0.15) is 6.61 Å². The zero-order chi connectivity index (χ0) is 10.8. The van der Waals surface area contributed by atoms with E-state index >= 15 is 0 Å². The van der Waals surface area contributed by atoms with E-state index in [0.717, 1.165) is 37.2 Å². The Morgan fingerprint density at radius 1 is 1.31 bits per heavy atom. The molecule has 5 nitrogen and oxygen atoms in total. The summed E-state index contributed by atoms with van der Waals surface area (Å²) in [6.07, 6.45) is 6.72. The molecule has 0 aromatic carbocycles. The van der Waals surface area contributed by atoms with Gasteiger partial charge in [0.05, 0.1) is 24.0 Å². The minimum absolute atomic E-state index is 0.203. The Balaban J connectivity index is 1.81. The summed E-state index contributed by atoms with van der Waals surface area (Å²) in [5, 5.41) is 3.30. The maximum atomic E-state index is 5.36. The molecule has 0 spiro atoms. The number of hydrogen-bond donors (Lipinski definition) is 1. The summed E-state index contributed by atoms with van der Waals surface area (Å²) in [5.74, 6) is 0. The smallest absolute Gasteiger partial charge is 0.285 e. The lowest BCUT2D eigenvalue weighted by Gasteiger charge is -2.24. The van der Waals surface area contributed by atoms with E-state index in [9.17, 15) is 0 Å². The maximum Gasteiger partial charge on any atom is 0.285 e. The van der Waals surface area contributed by atoms with E-state index in [2.05, 4.69) is 20.3 Å². The third kappa shape index (κ3) is 1.73. The summed E-state index contributed by atoms with van der Waals surface area (Å²) in [6, 6.07) is 0.859. The number of aromatic nitrogens is 2. The van der Waals surface area contributed by atoms with Gasteiger partial charge in [-0.05, 0) is 19.3 Å². The van der Waals surface area contributed by atoms with Gasteiger partial charge in [0.25, 0.3) is 6.02 Å². The summed E-state index contributed by atoms with van der Waals surface area (Å²) < 4.78 is 5.36. The fourth-order valence-electron chi connectivity index (χ4n) is 2.18. The molecule has 2 heterocycles. The minimum atomic E-state index is 0.203. The van der Waals surface area contributed by atoms with Gasteiger partial charge in [-0.15, -0.1) is 0 Å². The van der Waals surface area contributed by atoms with Crippen molar-refractivity contribution in [2.24, 2.45) is 4.99 Å². The number of aliphatic imine (C=N–C) groups is 1. The Labute approximate surface area is 94.0 Å². The average molecular weight is 218 g/mol. The van der Waals surface area contributed by atoms with Crippen LogP contribution in [0.1, 0.15) is 30.3 Å². The van der Waals surface area contributed by atoms with Crippen LogP contribution in [0.25, 0.3) is 0 Å². The summed E-state index contributed by atoms with van der Waals surface area (Å²) in [4.78, 5) is 13.0. The molecular weight excluding hydrogens is 204 g/mol. The van der Waals surface area contributed by atoms with Crippen molar-refractivity contribution in [1.29, 1.82) is 0 Å². The third-order valence-electron chi connectivity index (χ3n) is 2.93. The quantitative estimate of drug-likeness (QED) is 0.758. The lowest BCUT2D eigenvalue weighted by Crippen LogP contribution is -2.32. The van der Waals surface area contributed by atoms with Crippen LogP contribution in [0.4, 0.5) is 0 Å². The van der Waals surface area contributed by atoms with E-state index in [1.165, 1.54) is 0 Å². The monoisotopic (exact) mass is 218 g/mol. The molecule has 0 unspecified atom stereocenters. The molecule has 0 bridgehead atoms. The molecule has 84 valence electrons. The standard InChI is InChI=1S/C11H14N4O/c1-2-8-10(13-5-4-12-8)9(3-1)15-11-14-6-7-16-11/h4-5,9H,1-3,6-7H2,(H,14,15)/t9-/m0/s1. The van der Waals surface area contributed by atoms with Crippen molar-refractivity contribution in [3.63, 3.8) is 0 Å². The zero-order valence-electron chi connectivity index (χ0n) is 9.02. The molecule has 1 N–H and O–H groups in total. The first kappa shape index (κ1) is 9.57. The molecule has 0 amide bonds. The molecule has 0 radical (unpaired) electrons. The molecule has 5 heteroatoms. The van der Waals surface area contributed by atoms with Gasteiger partial charge in [-0.1, -0.05) is 0 Å². The van der Waals surface area contributed by atoms with Crippen LogP contribution >= 0.6 is 0 Å². The summed E-state index contributed by atoms with van der Waals surface area (Å²) in [5.41, 5.74) is 2.15. The second kappa shape index (κ2) is 4.08. The highest BCUT2D eigenvalue weighted by molar-refractivity contribution is 5.75. The molecule has 0 saturated carbocycles. The number of nitrogens with one attached hydrogen (secondary N) is 1. The molecule has 1 aliphatic heterocycles. The van der Waals surface area contributed by atoms with Crippen LogP contribution in [-0.4, -0.2) is 29.1 Å². The lowest BCUT2D eigenvalue weighted by molar-refractivity contribution is 0.320. The van der Waals surface area contributed by atoms with Crippen LogP contribution in [0.3, 0.4) is 0 Å². The highest BCUT2D eigenvalue weighted by Crippen LogP contribution is 2.26. The highest BCUT2D eigenvalue weighted by atomic mass is 16.5. The number of fused-ring (bicyclic) bond motifs is 1. The fraction of sp³-hybridized carbons (Fsp3) is 0.545. The van der Waals surface area contributed by atoms with Gasteiger partial charge in [-0.2, -0.15) is 0 Å². The van der Waals surface area contributed by atoms with E-state index in [1.54, 1.807) is 12.4 Å². The predicted octanol–water partition coefficient (Wildman–Crippen LogP) is 0.830. The number of nitrogens with zero attached hydrogens (tertiary/aromatic N) is 3. The Morgan fingerprint density at radius 3 is 3.12 bits per heavy atom. The fourth-order valence-corrected chi connectivity index (χ4v) is 2.18. The van der Waals surface area contributed by atoms with E-state index in [0.29, 0.717) is 12.6 Å². The van der Waals surface area contributed by atoms with Gasteiger partial charge in [-0.25, -0.2) is 4.99 Å². The van der Waals surface area contributed by atoms with E-state index < -0.39 is 0 Å². The SMILES string of the molecule is c1cnc2c(n1)CCC[C@@H]2NC1=NCCO1. The van der Waals surface area contributed by atoms with Crippen LogP contribution in [0, 0.1) is 0 Å². The molecule has 1 atom stereocenters. The molecule has 3 rings (SSSR count). The Morgan fingerprint density at radius 2 is 2.25 bits per heavy atom. The topological polar surface area (TPSA) is 59.4 Å². The normalized spacial score (nSPS) is 23.2. The molecule has 1 aromatic heterocycles. The number of hydrogen-bond acceptors (Lipinski definition) is 5. The van der Waals surface area contributed by atoms with Crippen molar-refractivity contribution in [2.45, 2.75) is 25.3 Å². The molecule has 16 heavy (non-hydrogen) atoms. The third-order valence-corrected chi connectivity index (χ3v) is 2.93. The van der Waals surface area contributed by atoms with Crippen LogP contribution in [0.2, 0.25) is 0 Å². The Bertz CT molecular complexity index is 418. The molecule has 1 aliphatic carbocycles. The van der Waals surface area contributed by atoms with E-state index in [-0.39, 0.29) is 6.04 Å². The van der Waals surface area contributed by atoms with Crippen LogP contribution in [0.15, 0.2) is 17.4 Å². The predicted molar refractivity (Wildman–Crippen MR) is 59.1 cm³/mol. The van der Waals surface area contributed by atoms with Crippen molar-refractivity contribution in [2.75, 3.05) is 13.2 Å². The first-order chi connectivity index (χ1) is 7.93. The zero-order valence-corrected chi connectivity index (χ0v) is 9.02. The van der Waals surface area contributed by atoms with Gasteiger partial charge >= 0.3 is 0 Å².